The van der Waals surface area contributed by atoms with Gasteiger partial charge in [0.05, 0.1) is 0 Å². The van der Waals surface area contributed by atoms with E-state index in [-0.39, 0.29) is 6.10 Å². The summed E-state index contributed by atoms with van der Waals surface area (Å²) in [5, 5.41) is 0. The third kappa shape index (κ3) is 1.79. The van der Waals surface area contributed by atoms with Crippen molar-refractivity contribution in [3.63, 3.8) is 0 Å². The Morgan fingerprint density at radius 1 is 1.29 bits per heavy atom. The van der Waals surface area contributed by atoms with Crippen LogP contribution in [-0.4, -0.2) is 11.9 Å². The highest BCUT2D eigenvalue weighted by Gasteiger charge is 2.28. The second kappa shape index (κ2) is 3.45. The van der Waals surface area contributed by atoms with Crippen LogP contribution in [0.3, 0.4) is 0 Å². The topological polar surface area (TPSA) is 26.3 Å². The Bertz CT molecular complexity index is 361. The van der Waals surface area contributed by atoms with Gasteiger partial charge in [-0.2, -0.15) is 0 Å². The molecule has 1 aromatic carbocycles. The highest BCUT2D eigenvalue weighted by molar-refractivity contribution is 5.85. The number of aryl methyl sites for hydroxylation is 2. The van der Waals surface area contributed by atoms with Gasteiger partial charge in [-0.3, -0.25) is 4.79 Å². The van der Waals surface area contributed by atoms with Crippen LogP contribution in [0.5, 0.6) is 5.75 Å². The molecule has 1 aliphatic carbocycles. The first-order valence-electron chi connectivity index (χ1n) is 4.91. The maximum Gasteiger partial charge on any atom is 0.140 e. The average molecular weight is 190 g/mol. The van der Waals surface area contributed by atoms with E-state index in [1.807, 2.05) is 26.0 Å². The van der Waals surface area contributed by atoms with E-state index < -0.39 is 0 Å². The van der Waals surface area contributed by atoms with Gasteiger partial charge in [0.25, 0.3) is 0 Å². The van der Waals surface area contributed by atoms with Gasteiger partial charge >= 0.3 is 0 Å². The van der Waals surface area contributed by atoms with Crippen molar-refractivity contribution in [1.82, 2.24) is 0 Å². The zero-order valence-corrected chi connectivity index (χ0v) is 8.54. The second-order valence-electron chi connectivity index (χ2n) is 3.96. The Morgan fingerprint density at radius 3 is 2.64 bits per heavy atom. The van der Waals surface area contributed by atoms with Crippen molar-refractivity contribution in [2.24, 2.45) is 0 Å². The highest BCUT2D eigenvalue weighted by atomic mass is 16.5. The van der Waals surface area contributed by atoms with Gasteiger partial charge in [-0.15, -0.1) is 0 Å². The van der Waals surface area contributed by atoms with Gasteiger partial charge in [-0.05, 0) is 31.0 Å². The van der Waals surface area contributed by atoms with Crippen LogP contribution in [0.15, 0.2) is 18.2 Å². The van der Waals surface area contributed by atoms with Crippen LogP contribution in [0, 0.1) is 13.8 Å². The van der Waals surface area contributed by atoms with Crippen molar-refractivity contribution in [2.45, 2.75) is 32.8 Å². The molecule has 0 spiro atoms. The lowest BCUT2D eigenvalue weighted by Gasteiger charge is -2.26. The molecule has 0 amide bonds. The van der Waals surface area contributed by atoms with Gasteiger partial charge in [-0.25, -0.2) is 0 Å². The predicted octanol–water partition coefficient (Wildman–Crippen LogP) is 2.41. The summed E-state index contributed by atoms with van der Waals surface area (Å²) < 4.78 is 5.71. The number of ketones is 1. The Morgan fingerprint density at radius 2 is 2.00 bits per heavy atom. The molecule has 0 radical (unpaired) electrons. The van der Waals surface area contributed by atoms with E-state index in [4.69, 9.17) is 4.74 Å². The van der Waals surface area contributed by atoms with Gasteiger partial charge in [0.15, 0.2) is 0 Å². The van der Waals surface area contributed by atoms with E-state index in [0.29, 0.717) is 18.6 Å². The van der Waals surface area contributed by atoms with E-state index in [1.165, 1.54) is 5.56 Å². The van der Waals surface area contributed by atoms with E-state index in [2.05, 4.69) is 6.07 Å². The number of Topliss-reactive ketones (excluding diaryl/α,β-unsaturated/α-hetero) is 1. The first-order valence-corrected chi connectivity index (χ1v) is 4.91. The van der Waals surface area contributed by atoms with Crippen LogP contribution >= 0.6 is 0 Å². The molecule has 0 atom stereocenters. The van der Waals surface area contributed by atoms with Crippen molar-refractivity contribution < 1.29 is 9.53 Å². The van der Waals surface area contributed by atoms with Crippen LogP contribution in [0.4, 0.5) is 0 Å². The quantitative estimate of drug-likeness (QED) is 0.715. The summed E-state index contributed by atoms with van der Waals surface area (Å²) >= 11 is 0. The fraction of sp³-hybridized carbons (Fsp3) is 0.417. The summed E-state index contributed by atoms with van der Waals surface area (Å²) in [6, 6.07) is 6.14. The molecular weight excluding hydrogens is 176 g/mol. The maximum absolute atomic E-state index is 10.8. The van der Waals surface area contributed by atoms with Crippen molar-refractivity contribution in [2.75, 3.05) is 0 Å². The minimum atomic E-state index is 0.114. The first kappa shape index (κ1) is 9.25. The molecule has 0 N–H and O–H groups in total. The lowest BCUT2D eigenvalue weighted by atomic mass is 9.94. The molecule has 1 fully saturated rings. The molecule has 1 aliphatic rings. The summed E-state index contributed by atoms with van der Waals surface area (Å²) in [4.78, 5) is 10.8. The van der Waals surface area contributed by atoms with Gasteiger partial charge in [0, 0.05) is 12.8 Å². The minimum Gasteiger partial charge on any atom is -0.489 e. The minimum absolute atomic E-state index is 0.114. The Hall–Kier alpha value is -1.31. The molecular formula is C12H14O2. The van der Waals surface area contributed by atoms with Crippen molar-refractivity contribution in [1.29, 1.82) is 0 Å². The molecule has 2 rings (SSSR count). The average Bonchev–Trinajstić information content (AvgIpc) is 2.09. The lowest BCUT2D eigenvalue weighted by molar-refractivity contribution is -0.129. The third-order valence-corrected chi connectivity index (χ3v) is 2.55. The van der Waals surface area contributed by atoms with Crippen molar-refractivity contribution >= 4 is 5.78 Å². The largest absolute Gasteiger partial charge is 0.489 e. The number of carbonyl (C=O) groups is 1. The molecule has 0 aromatic heterocycles. The van der Waals surface area contributed by atoms with E-state index in [1.54, 1.807) is 0 Å². The molecule has 0 unspecified atom stereocenters. The molecule has 14 heavy (non-hydrogen) atoms. The molecule has 1 saturated carbocycles. The zero-order chi connectivity index (χ0) is 10.1. The SMILES string of the molecule is Cc1ccc(C)c(OC2CC(=O)C2)c1. The van der Waals surface area contributed by atoms with Crippen LogP contribution in [-0.2, 0) is 4.79 Å². The van der Waals surface area contributed by atoms with Gasteiger partial charge in [0.2, 0.25) is 0 Å². The first-order chi connectivity index (χ1) is 6.65. The Kier molecular flexibility index (Phi) is 2.28. The molecule has 2 nitrogen and oxygen atoms in total. The van der Waals surface area contributed by atoms with Crippen molar-refractivity contribution in [3.05, 3.63) is 29.3 Å². The molecule has 0 bridgehead atoms. The van der Waals surface area contributed by atoms with Crippen molar-refractivity contribution in [3.8, 4) is 5.75 Å². The number of ether oxygens (including phenoxy) is 1. The number of benzene rings is 1. The van der Waals surface area contributed by atoms with Crippen LogP contribution in [0.2, 0.25) is 0 Å². The summed E-state index contributed by atoms with van der Waals surface area (Å²) in [6.45, 7) is 4.06. The predicted molar refractivity (Wildman–Crippen MR) is 54.6 cm³/mol. The van der Waals surface area contributed by atoms with Crippen LogP contribution < -0.4 is 4.74 Å². The fourth-order valence-corrected chi connectivity index (χ4v) is 1.55. The molecule has 0 saturated heterocycles. The number of hydrogen-bond acceptors (Lipinski definition) is 2. The summed E-state index contributed by atoms with van der Waals surface area (Å²) in [6.07, 6.45) is 1.27. The summed E-state index contributed by atoms with van der Waals surface area (Å²) in [7, 11) is 0. The normalized spacial score (nSPS) is 16.6. The monoisotopic (exact) mass is 190 g/mol. The molecule has 2 heteroatoms. The highest BCUT2D eigenvalue weighted by Crippen LogP contribution is 2.26. The van der Waals surface area contributed by atoms with E-state index in [0.717, 1.165) is 11.3 Å². The maximum atomic E-state index is 10.8. The smallest absolute Gasteiger partial charge is 0.140 e. The van der Waals surface area contributed by atoms with E-state index in [9.17, 15) is 4.79 Å². The van der Waals surface area contributed by atoms with Gasteiger partial charge in [-0.1, -0.05) is 12.1 Å². The second-order valence-corrected chi connectivity index (χ2v) is 3.96. The Labute approximate surface area is 83.9 Å². The Balaban J connectivity index is 2.08. The molecule has 0 heterocycles. The van der Waals surface area contributed by atoms with Crippen LogP contribution in [0.1, 0.15) is 24.0 Å². The van der Waals surface area contributed by atoms with Gasteiger partial charge < -0.3 is 4.74 Å². The number of carbonyl (C=O) groups excluding carboxylic acids is 1. The number of rotatable bonds is 2. The third-order valence-electron chi connectivity index (χ3n) is 2.55. The van der Waals surface area contributed by atoms with Gasteiger partial charge in [0.1, 0.15) is 17.6 Å². The standard InChI is InChI=1S/C12H14O2/c1-8-3-4-9(2)12(5-8)14-11-6-10(13)7-11/h3-5,11H,6-7H2,1-2H3. The number of hydrogen-bond donors (Lipinski definition) is 0. The molecule has 74 valence electrons. The van der Waals surface area contributed by atoms with E-state index >= 15 is 0 Å². The summed E-state index contributed by atoms with van der Waals surface area (Å²) in [5.74, 6) is 1.22. The molecule has 1 aromatic rings. The van der Waals surface area contributed by atoms with Crippen LogP contribution in [0.25, 0.3) is 0 Å². The lowest BCUT2D eigenvalue weighted by Crippen LogP contribution is -2.33. The zero-order valence-electron chi connectivity index (χ0n) is 8.54. The summed E-state index contributed by atoms with van der Waals surface area (Å²) in [5.41, 5.74) is 2.33. The fourth-order valence-electron chi connectivity index (χ4n) is 1.55. The molecule has 0 aliphatic heterocycles.